The van der Waals surface area contributed by atoms with Crippen molar-refractivity contribution >= 4 is 22.6 Å². The van der Waals surface area contributed by atoms with E-state index in [9.17, 15) is 4.79 Å². The fourth-order valence-corrected chi connectivity index (χ4v) is 6.85. The number of fused-ring (bicyclic) bond motifs is 1. The summed E-state index contributed by atoms with van der Waals surface area (Å²) in [5, 5.41) is 0. The summed E-state index contributed by atoms with van der Waals surface area (Å²) in [7, 11) is -3.29. The summed E-state index contributed by atoms with van der Waals surface area (Å²) >= 11 is 0. The zero-order valence-corrected chi connectivity index (χ0v) is 19.1. The predicted octanol–water partition coefficient (Wildman–Crippen LogP) is 4.88. The smallest absolute Gasteiger partial charge is 0.306 e. The molecule has 4 atom stereocenters. The van der Waals surface area contributed by atoms with E-state index in [1.165, 1.54) is 0 Å². The normalized spacial score (nSPS) is 35.8. The van der Waals surface area contributed by atoms with Gasteiger partial charge in [-0.3, -0.25) is 4.79 Å². The van der Waals surface area contributed by atoms with Crippen LogP contribution in [0.25, 0.3) is 0 Å². The molecule has 0 bridgehead atoms. The Kier molecular flexibility index (Phi) is 6.40. The van der Waals surface area contributed by atoms with Crippen molar-refractivity contribution in [3.63, 3.8) is 0 Å². The predicted molar refractivity (Wildman–Crippen MR) is 107 cm³/mol. The van der Waals surface area contributed by atoms with Gasteiger partial charge in [-0.2, -0.15) is 0 Å². The van der Waals surface area contributed by atoms with Crippen molar-refractivity contribution in [3.8, 4) is 0 Å². The number of esters is 1. The van der Waals surface area contributed by atoms with Crippen LogP contribution in [0.15, 0.2) is 12.2 Å². The van der Waals surface area contributed by atoms with Gasteiger partial charge in [0.15, 0.2) is 16.6 Å². The van der Waals surface area contributed by atoms with Crippen LogP contribution in [0.3, 0.4) is 0 Å². The number of ether oxygens (including phenoxy) is 1. The van der Waals surface area contributed by atoms with E-state index < -0.39 is 16.6 Å². The number of hydrogen-bond acceptors (Lipinski definition) is 4. The zero-order chi connectivity index (χ0) is 18.9. The van der Waals surface area contributed by atoms with Gasteiger partial charge >= 0.3 is 5.97 Å². The molecule has 144 valence electrons. The molecule has 0 radical (unpaired) electrons. The molecular weight excluding hydrogens is 348 g/mol. The van der Waals surface area contributed by atoms with Gasteiger partial charge in [0.1, 0.15) is 6.10 Å². The second kappa shape index (κ2) is 7.66. The van der Waals surface area contributed by atoms with Gasteiger partial charge < -0.3 is 13.6 Å². The van der Waals surface area contributed by atoms with Crippen LogP contribution in [0.5, 0.6) is 0 Å². The second-order valence-electron chi connectivity index (χ2n) is 9.82. The summed E-state index contributed by atoms with van der Waals surface area (Å²) in [6, 6.07) is 0. The molecule has 0 N–H and O–H groups in total. The van der Waals surface area contributed by atoms with Crippen LogP contribution in [0.1, 0.15) is 39.0 Å². The molecular formula is C19H36O4Si2. The Morgan fingerprint density at radius 3 is 2.44 bits per heavy atom. The van der Waals surface area contributed by atoms with E-state index in [0.29, 0.717) is 6.42 Å². The first-order valence-corrected chi connectivity index (χ1v) is 16.4. The van der Waals surface area contributed by atoms with E-state index in [2.05, 4.69) is 58.4 Å². The summed E-state index contributed by atoms with van der Waals surface area (Å²) in [5.74, 6) is 0.0897. The zero-order valence-electron chi connectivity index (χ0n) is 17.1. The molecule has 1 aliphatic heterocycles. The van der Waals surface area contributed by atoms with E-state index in [1.54, 1.807) is 0 Å². The van der Waals surface area contributed by atoms with Gasteiger partial charge in [0.25, 0.3) is 0 Å². The van der Waals surface area contributed by atoms with Crippen LogP contribution in [0.2, 0.25) is 39.3 Å². The molecule has 0 spiro atoms. The minimum atomic E-state index is -1.71. The van der Waals surface area contributed by atoms with E-state index in [4.69, 9.17) is 13.6 Å². The standard InChI is InChI=1S/C19H36O4Si2/c1-19(23-25(5,6)7)12-11-16(22-24(2,3)4)10-8-9-15-13-18(20)21-17(15)14-19/h8-9,15-17H,10-14H2,1-7H3/b9-8-/t15-,16+,17-,19+/m1/s1. The van der Waals surface area contributed by atoms with Crippen LogP contribution in [0, 0.1) is 5.92 Å². The minimum Gasteiger partial charge on any atom is -0.462 e. The Morgan fingerprint density at radius 2 is 1.84 bits per heavy atom. The summed E-state index contributed by atoms with van der Waals surface area (Å²) in [4.78, 5) is 11.8. The van der Waals surface area contributed by atoms with Gasteiger partial charge in [-0.25, -0.2) is 0 Å². The molecule has 0 aromatic heterocycles. The molecule has 1 heterocycles. The first-order chi connectivity index (χ1) is 11.4. The molecule has 1 fully saturated rings. The van der Waals surface area contributed by atoms with Gasteiger partial charge in [-0.15, -0.1) is 0 Å². The average Bonchev–Trinajstić information content (AvgIpc) is 2.71. The Labute approximate surface area is 155 Å². The third-order valence-electron chi connectivity index (χ3n) is 4.65. The van der Waals surface area contributed by atoms with Crippen molar-refractivity contribution in [1.82, 2.24) is 0 Å². The highest BCUT2D eigenvalue weighted by Crippen LogP contribution is 2.37. The highest BCUT2D eigenvalue weighted by atomic mass is 28.4. The Bertz CT molecular complexity index is 507. The summed E-state index contributed by atoms with van der Waals surface area (Å²) in [5.41, 5.74) is -0.260. The largest absolute Gasteiger partial charge is 0.462 e. The molecule has 0 saturated carbocycles. The van der Waals surface area contributed by atoms with Crippen LogP contribution < -0.4 is 0 Å². The van der Waals surface area contributed by atoms with E-state index >= 15 is 0 Å². The summed E-state index contributed by atoms with van der Waals surface area (Å²) < 4.78 is 18.6. The van der Waals surface area contributed by atoms with Crippen LogP contribution in [-0.4, -0.2) is 40.4 Å². The molecule has 2 aliphatic rings. The van der Waals surface area contributed by atoms with Crippen molar-refractivity contribution in [1.29, 1.82) is 0 Å². The third-order valence-corrected chi connectivity index (χ3v) is 6.79. The lowest BCUT2D eigenvalue weighted by Gasteiger charge is -2.40. The van der Waals surface area contributed by atoms with Crippen LogP contribution in [-0.2, 0) is 18.4 Å². The Morgan fingerprint density at radius 1 is 1.16 bits per heavy atom. The molecule has 1 aliphatic carbocycles. The lowest BCUT2D eigenvalue weighted by Crippen LogP contribution is -2.44. The van der Waals surface area contributed by atoms with E-state index in [0.717, 1.165) is 25.7 Å². The fraction of sp³-hybridized carbons (Fsp3) is 0.842. The van der Waals surface area contributed by atoms with E-state index in [1.807, 2.05) is 0 Å². The molecule has 1 saturated heterocycles. The number of hydrogen-bond donors (Lipinski definition) is 0. The van der Waals surface area contributed by atoms with Gasteiger partial charge in [0.05, 0.1) is 12.0 Å². The van der Waals surface area contributed by atoms with Crippen molar-refractivity contribution in [3.05, 3.63) is 12.2 Å². The van der Waals surface area contributed by atoms with Gasteiger partial charge in [0, 0.05) is 18.4 Å². The maximum absolute atomic E-state index is 11.8. The molecule has 2 rings (SSSR count). The number of carbonyl (C=O) groups is 1. The maximum Gasteiger partial charge on any atom is 0.306 e. The SMILES string of the molecule is C[C@]1(O[Si](C)(C)C)CC[C@@H](O[Si](C)(C)C)C/C=C\[C@@H]2CC(=O)O[C@@H]2C1. The molecule has 0 amide bonds. The highest BCUT2D eigenvalue weighted by Gasteiger charge is 2.42. The lowest BCUT2D eigenvalue weighted by atomic mass is 9.85. The molecule has 0 aromatic carbocycles. The highest BCUT2D eigenvalue weighted by molar-refractivity contribution is 6.70. The maximum atomic E-state index is 11.8. The first kappa shape index (κ1) is 20.9. The molecule has 25 heavy (non-hydrogen) atoms. The molecule has 0 aromatic rings. The van der Waals surface area contributed by atoms with Crippen LogP contribution in [0.4, 0.5) is 0 Å². The minimum absolute atomic E-state index is 0.0560. The van der Waals surface area contributed by atoms with Crippen LogP contribution >= 0.6 is 0 Å². The van der Waals surface area contributed by atoms with Crippen molar-refractivity contribution in [2.75, 3.05) is 0 Å². The number of carbonyl (C=O) groups excluding carboxylic acids is 1. The Balaban J connectivity index is 2.22. The summed E-state index contributed by atoms with van der Waals surface area (Å²) in [6.07, 6.45) is 8.67. The van der Waals surface area contributed by atoms with E-state index in [-0.39, 0.29) is 29.7 Å². The van der Waals surface area contributed by atoms with Gasteiger partial charge in [-0.1, -0.05) is 12.2 Å². The molecule has 0 unspecified atom stereocenters. The van der Waals surface area contributed by atoms with Crippen molar-refractivity contribution < 1.29 is 18.4 Å². The quantitative estimate of drug-likeness (QED) is 0.394. The van der Waals surface area contributed by atoms with Crippen molar-refractivity contribution in [2.45, 2.75) is 96.1 Å². The van der Waals surface area contributed by atoms with Crippen molar-refractivity contribution in [2.24, 2.45) is 5.92 Å². The fourth-order valence-electron chi connectivity index (χ4n) is 3.97. The number of rotatable bonds is 4. The average molecular weight is 385 g/mol. The third kappa shape index (κ3) is 7.00. The molecule has 6 heteroatoms. The first-order valence-electron chi connectivity index (χ1n) is 9.59. The van der Waals surface area contributed by atoms with Gasteiger partial charge in [0.2, 0.25) is 0 Å². The topological polar surface area (TPSA) is 44.8 Å². The lowest BCUT2D eigenvalue weighted by molar-refractivity contribution is -0.143. The van der Waals surface area contributed by atoms with Gasteiger partial charge in [-0.05, 0) is 65.5 Å². The summed E-state index contributed by atoms with van der Waals surface area (Å²) in [6.45, 7) is 15.6. The molecule has 4 nitrogen and oxygen atoms in total. The second-order valence-corrected chi connectivity index (χ2v) is 18.7. The Hall–Kier alpha value is -0.436. The monoisotopic (exact) mass is 384 g/mol.